The molecule has 0 saturated carbocycles. The van der Waals surface area contributed by atoms with Gasteiger partial charge in [0.25, 0.3) is 0 Å². The Morgan fingerprint density at radius 1 is 0.882 bits per heavy atom. The molecule has 0 unspecified atom stereocenters. The zero-order valence-electron chi connectivity index (χ0n) is 10.1. The summed E-state index contributed by atoms with van der Waals surface area (Å²) in [4.78, 5) is 0. The van der Waals surface area contributed by atoms with Crippen LogP contribution in [0.4, 0.5) is 0 Å². The van der Waals surface area contributed by atoms with E-state index in [1.54, 1.807) is 0 Å². The van der Waals surface area contributed by atoms with Gasteiger partial charge in [0.15, 0.2) is 0 Å². The number of halogens is 1. The van der Waals surface area contributed by atoms with E-state index >= 15 is 0 Å². The first-order valence-electron chi connectivity index (χ1n) is 5.67. The lowest BCUT2D eigenvalue weighted by molar-refractivity contribution is 1.36. The maximum atomic E-state index is 2.34. The highest BCUT2D eigenvalue weighted by molar-refractivity contribution is 14.1. The fourth-order valence-corrected chi connectivity index (χ4v) is 2.45. The van der Waals surface area contributed by atoms with Gasteiger partial charge < -0.3 is 0 Å². The first kappa shape index (κ1) is 12.4. The van der Waals surface area contributed by atoms with E-state index in [1.165, 1.54) is 25.8 Å². The molecule has 0 amide bonds. The summed E-state index contributed by atoms with van der Waals surface area (Å²) < 4.78 is 1.27. The van der Waals surface area contributed by atoms with Gasteiger partial charge in [0.05, 0.1) is 0 Å². The van der Waals surface area contributed by atoms with Gasteiger partial charge in [-0.3, -0.25) is 0 Å². The van der Waals surface area contributed by atoms with Crippen LogP contribution in [0, 0.1) is 17.4 Å². The quantitative estimate of drug-likeness (QED) is 0.531. The maximum Gasteiger partial charge on any atom is 0.0136 e. The molecule has 86 valence electrons. The van der Waals surface area contributed by atoms with Gasteiger partial charge in [0.1, 0.15) is 0 Å². The van der Waals surface area contributed by atoms with Crippen molar-refractivity contribution in [3.63, 3.8) is 0 Å². The molecule has 0 aliphatic heterocycles. The third-order valence-corrected chi connectivity index (χ3v) is 3.50. The second-order valence-corrected chi connectivity index (χ2v) is 5.44. The second-order valence-electron chi connectivity index (χ2n) is 4.19. The Morgan fingerprint density at radius 3 is 2.18 bits per heavy atom. The Morgan fingerprint density at radius 2 is 1.53 bits per heavy atom. The third-order valence-electron chi connectivity index (χ3n) is 2.83. The zero-order chi connectivity index (χ0) is 12.3. The van der Waals surface area contributed by atoms with Crippen molar-refractivity contribution in [2.75, 3.05) is 0 Å². The van der Waals surface area contributed by atoms with Gasteiger partial charge in [-0.2, -0.15) is 0 Å². The molecule has 0 aliphatic rings. The molecule has 2 aromatic rings. The molecule has 0 spiro atoms. The summed E-state index contributed by atoms with van der Waals surface area (Å²) in [6, 6.07) is 14.9. The Balaban J connectivity index is 2.32. The summed E-state index contributed by atoms with van der Waals surface area (Å²) in [5.74, 6) is 0. The molecule has 0 bridgehead atoms. The molecule has 0 radical (unpaired) electrons. The van der Waals surface area contributed by atoms with Crippen LogP contribution in [0.1, 0.15) is 22.3 Å². The summed E-state index contributed by atoms with van der Waals surface area (Å²) in [5.41, 5.74) is 5.23. The first-order valence-corrected chi connectivity index (χ1v) is 6.74. The number of rotatable bonds is 2. The van der Waals surface area contributed by atoms with Gasteiger partial charge in [-0.1, -0.05) is 42.5 Å². The fraction of sp³-hybridized carbons (Fsp3) is 0.125. The van der Waals surface area contributed by atoms with Crippen LogP contribution in [0.5, 0.6) is 0 Å². The highest BCUT2D eigenvalue weighted by Gasteiger charge is 1.97. The van der Waals surface area contributed by atoms with Crippen molar-refractivity contribution in [3.8, 4) is 0 Å². The molecular weight excluding hydrogens is 319 g/mol. The molecule has 2 rings (SSSR count). The van der Waals surface area contributed by atoms with Crippen molar-refractivity contribution in [3.05, 3.63) is 68.3 Å². The fourth-order valence-electron chi connectivity index (χ4n) is 1.88. The molecule has 0 aliphatic carbocycles. The van der Waals surface area contributed by atoms with Crippen molar-refractivity contribution in [1.29, 1.82) is 0 Å². The maximum absolute atomic E-state index is 2.34. The van der Waals surface area contributed by atoms with E-state index < -0.39 is 0 Å². The van der Waals surface area contributed by atoms with Crippen molar-refractivity contribution >= 4 is 34.7 Å². The predicted molar refractivity (Wildman–Crippen MR) is 84.0 cm³/mol. The standard InChI is InChI=1S/C16H15I/c1-12-5-3-6-13(2)16(12)10-9-14-7-4-8-15(17)11-14/h3-11H,1-2H3/b10-9-. The second kappa shape index (κ2) is 5.50. The van der Waals surface area contributed by atoms with Gasteiger partial charge in [0, 0.05) is 3.57 Å². The van der Waals surface area contributed by atoms with Crippen molar-refractivity contribution in [2.45, 2.75) is 13.8 Å². The highest BCUT2D eigenvalue weighted by atomic mass is 127. The van der Waals surface area contributed by atoms with Crippen LogP contribution < -0.4 is 0 Å². The minimum Gasteiger partial charge on any atom is -0.0617 e. The number of hydrogen-bond acceptors (Lipinski definition) is 0. The van der Waals surface area contributed by atoms with Crippen LogP contribution >= 0.6 is 22.6 Å². The van der Waals surface area contributed by atoms with Gasteiger partial charge in [-0.05, 0) is 70.8 Å². The van der Waals surface area contributed by atoms with E-state index in [4.69, 9.17) is 0 Å². The van der Waals surface area contributed by atoms with Gasteiger partial charge in [0.2, 0.25) is 0 Å². The van der Waals surface area contributed by atoms with Crippen LogP contribution in [0.3, 0.4) is 0 Å². The van der Waals surface area contributed by atoms with E-state index in [2.05, 4.69) is 91.1 Å². The third kappa shape index (κ3) is 3.19. The van der Waals surface area contributed by atoms with Gasteiger partial charge >= 0.3 is 0 Å². The molecule has 0 nitrogen and oxygen atoms in total. The molecule has 0 heterocycles. The highest BCUT2D eigenvalue weighted by Crippen LogP contribution is 2.17. The van der Waals surface area contributed by atoms with Crippen LogP contribution in [-0.2, 0) is 0 Å². The monoisotopic (exact) mass is 334 g/mol. The van der Waals surface area contributed by atoms with Gasteiger partial charge in [-0.25, -0.2) is 0 Å². The molecule has 0 N–H and O–H groups in total. The lowest BCUT2D eigenvalue weighted by atomic mass is 10.0. The summed E-state index contributed by atoms with van der Waals surface area (Å²) in [6.07, 6.45) is 4.38. The normalized spacial score (nSPS) is 11.0. The molecule has 0 fully saturated rings. The average molecular weight is 334 g/mol. The lowest BCUT2D eigenvalue weighted by Crippen LogP contribution is -1.84. The molecule has 0 saturated heterocycles. The molecular formula is C16H15I. The van der Waals surface area contributed by atoms with Crippen LogP contribution in [0.15, 0.2) is 42.5 Å². The first-order chi connectivity index (χ1) is 8.16. The Bertz CT molecular complexity index is 533. The van der Waals surface area contributed by atoms with E-state index in [1.807, 2.05) is 0 Å². The summed E-state index contributed by atoms with van der Waals surface area (Å²) in [6.45, 7) is 4.31. The molecule has 17 heavy (non-hydrogen) atoms. The number of benzene rings is 2. The summed E-state index contributed by atoms with van der Waals surface area (Å²) in [5, 5.41) is 0. The SMILES string of the molecule is Cc1cccc(C)c1/C=C\c1cccc(I)c1. The summed E-state index contributed by atoms with van der Waals surface area (Å²) in [7, 11) is 0. The predicted octanol–water partition coefficient (Wildman–Crippen LogP) is 5.08. The Labute approximate surface area is 117 Å². The number of aryl methyl sites for hydroxylation is 2. The van der Waals surface area contributed by atoms with Crippen molar-refractivity contribution in [1.82, 2.24) is 0 Å². The molecule has 0 atom stereocenters. The number of hydrogen-bond donors (Lipinski definition) is 0. The topological polar surface area (TPSA) is 0 Å². The minimum atomic E-state index is 1.25. The molecule has 0 aromatic heterocycles. The Hall–Kier alpha value is -1.09. The van der Waals surface area contributed by atoms with E-state index in [-0.39, 0.29) is 0 Å². The van der Waals surface area contributed by atoms with Crippen molar-refractivity contribution in [2.24, 2.45) is 0 Å². The zero-order valence-corrected chi connectivity index (χ0v) is 12.2. The van der Waals surface area contributed by atoms with E-state index in [0.29, 0.717) is 0 Å². The van der Waals surface area contributed by atoms with E-state index in [0.717, 1.165) is 0 Å². The summed E-state index contributed by atoms with van der Waals surface area (Å²) >= 11 is 2.34. The minimum absolute atomic E-state index is 1.25. The van der Waals surface area contributed by atoms with E-state index in [9.17, 15) is 0 Å². The Kier molecular flexibility index (Phi) is 4.00. The van der Waals surface area contributed by atoms with Crippen LogP contribution in [0.25, 0.3) is 12.2 Å². The van der Waals surface area contributed by atoms with Crippen LogP contribution in [-0.4, -0.2) is 0 Å². The average Bonchev–Trinajstić information content (AvgIpc) is 2.28. The largest absolute Gasteiger partial charge is 0.0617 e. The van der Waals surface area contributed by atoms with Crippen LogP contribution in [0.2, 0.25) is 0 Å². The smallest absolute Gasteiger partial charge is 0.0136 e. The van der Waals surface area contributed by atoms with Crippen molar-refractivity contribution < 1.29 is 0 Å². The lowest BCUT2D eigenvalue weighted by Gasteiger charge is -2.04. The molecule has 2 aromatic carbocycles. The van der Waals surface area contributed by atoms with Gasteiger partial charge in [-0.15, -0.1) is 0 Å². The molecule has 1 heteroatoms.